The minimum Gasteiger partial charge on any atom is -0.456 e. The lowest BCUT2D eigenvalue weighted by atomic mass is 10.0. The quantitative estimate of drug-likeness (QED) is 0.839. The van der Waals surface area contributed by atoms with Gasteiger partial charge in [-0.3, -0.25) is 0 Å². The van der Waals surface area contributed by atoms with Crippen LogP contribution in [0, 0.1) is 18.3 Å². The molecule has 3 nitrogen and oxygen atoms in total. The SMILES string of the molecule is Cc1ccc(C(C)C)cc1Oc1ccc(N)cc1C#N. The Morgan fingerprint density at radius 2 is 1.85 bits per heavy atom. The zero-order chi connectivity index (χ0) is 14.7. The summed E-state index contributed by atoms with van der Waals surface area (Å²) in [5.41, 5.74) is 8.93. The molecule has 0 bridgehead atoms. The number of hydrogen-bond donors (Lipinski definition) is 1. The van der Waals surface area contributed by atoms with E-state index in [0.717, 1.165) is 11.3 Å². The normalized spacial score (nSPS) is 10.3. The summed E-state index contributed by atoms with van der Waals surface area (Å²) in [6, 6.07) is 13.4. The Labute approximate surface area is 119 Å². The van der Waals surface area contributed by atoms with Gasteiger partial charge in [-0.2, -0.15) is 5.26 Å². The van der Waals surface area contributed by atoms with Crippen molar-refractivity contribution in [2.45, 2.75) is 26.7 Å². The number of nitrogens with two attached hydrogens (primary N) is 1. The summed E-state index contributed by atoms with van der Waals surface area (Å²) < 4.78 is 5.90. The number of ether oxygens (including phenoxy) is 1. The Hall–Kier alpha value is -2.47. The van der Waals surface area contributed by atoms with Crippen LogP contribution < -0.4 is 10.5 Å². The van der Waals surface area contributed by atoms with Crippen molar-refractivity contribution in [3.63, 3.8) is 0 Å². The summed E-state index contributed by atoms with van der Waals surface area (Å²) in [6.45, 7) is 6.26. The Bertz CT molecular complexity index is 669. The maximum Gasteiger partial charge on any atom is 0.145 e. The molecule has 0 saturated heterocycles. The van der Waals surface area contributed by atoms with Crippen LogP contribution >= 0.6 is 0 Å². The second-order valence-corrected chi connectivity index (χ2v) is 5.15. The molecule has 0 fully saturated rings. The second-order valence-electron chi connectivity index (χ2n) is 5.15. The van der Waals surface area contributed by atoms with Gasteiger partial charge in [0.15, 0.2) is 0 Å². The zero-order valence-electron chi connectivity index (χ0n) is 12.0. The summed E-state index contributed by atoms with van der Waals surface area (Å²) in [7, 11) is 0. The summed E-state index contributed by atoms with van der Waals surface area (Å²) in [5, 5.41) is 9.15. The number of anilines is 1. The van der Waals surface area contributed by atoms with E-state index in [1.54, 1.807) is 18.2 Å². The molecule has 2 aromatic carbocycles. The van der Waals surface area contributed by atoms with Gasteiger partial charge in [0.1, 0.15) is 17.6 Å². The van der Waals surface area contributed by atoms with Crippen LogP contribution in [-0.2, 0) is 0 Å². The van der Waals surface area contributed by atoms with Gasteiger partial charge in [0.05, 0.1) is 5.56 Å². The van der Waals surface area contributed by atoms with Gasteiger partial charge in [0.25, 0.3) is 0 Å². The summed E-state index contributed by atoms with van der Waals surface area (Å²) >= 11 is 0. The highest BCUT2D eigenvalue weighted by Crippen LogP contribution is 2.31. The molecule has 0 spiro atoms. The van der Waals surface area contributed by atoms with Gasteiger partial charge < -0.3 is 10.5 Å². The fourth-order valence-corrected chi connectivity index (χ4v) is 1.93. The van der Waals surface area contributed by atoms with E-state index in [4.69, 9.17) is 15.7 Å². The first kappa shape index (κ1) is 14.0. The van der Waals surface area contributed by atoms with Crippen LogP contribution in [0.4, 0.5) is 5.69 Å². The van der Waals surface area contributed by atoms with Crippen LogP contribution in [0.15, 0.2) is 36.4 Å². The Morgan fingerprint density at radius 1 is 1.10 bits per heavy atom. The molecule has 102 valence electrons. The standard InChI is InChI=1S/C17H18N2O/c1-11(2)13-5-4-12(3)17(9-13)20-16-7-6-15(19)8-14(16)10-18/h4-9,11H,19H2,1-3H3. The molecule has 0 unspecified atom stereocenters. The number of rotatable bonds is 3. The van der Waals surface area contributed by atoms with Crippen molar-refractivity contribution < 1.29 is 4.74 Å². The molecule has 0 aromatic heterocycles. The van der Waals surface area contributed by atoms with Gasteiger partial charge in [0.2, 0.25) is 0 Å². The summed E-state index contributed by atoms with van der Waals surface area (Å²) in [6.07, 6.45) is 0. The molecule has 0 aliphatic heterocycles. The summed E-state index contributed by atoms with van der Waals surface area (Å²) in [4.78, 5) is 0. The third-order valence-electron chi connectivity index (χ3n) is 3.22. The van der Waals surface area contributed by atoms with Gasteiger partial charge in [0, 0.05) is 5.69 Å². The minimum atomic E-state index is 0.430. The molecule has 3 heteroatoms. The zero-order valence-corrected chi connectivity index (χ0v) is 12.0. The Kier molecular flexibility index (Phi) is 3.95. The Balaban J connectivity index is 2.40. The first-order chi connectivity index (χ1) is 9.51. The Morgan fingerprint density at radius 3 is 2.50 bits per heavy atom. The molecule has 0 aliphatic rings. The van der Waals surface area contributed by atoms with E-state index in [-0.39, 0.29) is 0 Å². The van der Waals surface area contributed by atoms with Crippen molar-refractivity contribution in [2.75, 3.05) is 5.73 Å². The van der Waals surface area contributed by atoms with Crippen LogP contribution in [0.3, 0.4) is 0 Å². The van der Waals surface area contributed by atoms with Crippen molar-refractivity contribution >= 4 is 5.69 Å². The van der Waals surface area contributed by atoms with Crippen LogP contribution in [0.2, 0.25) is 0 Å². The van der Waals surface area contributed by atoms with Crippen LogP contribution in [-0.4, -0.2) is 0 Å². The highest BCUT2D eigenvalue weighted by atomic mass is 16.5. The van der Waals surface area contributed by atoms with Crippen LogP contribution in [0.25, 0.3) is 0 Å². The van der Waals surface area contributed by atoms with Crippen LogP contribution in [0.5, 0.6) is 11.5 Å². The largest absolute Gasteiger partial charge is 0.456 e. The first-order valence-electron chi connectivity index (χ1n) is 6.59. The van der Waals surface area contributed by atoms with Gasteiger partial charge in [-0.15, -0.1) is 0 Å². The average molecular weight is 266 g/mol. The third-order valence-corrected chi connectivity index (χ3v) is 3.22. The van der Waals surface area contributed by atoms with E-state index in [2.05, 4.69) is 26.0 Å². The summed E-state index contributed by atoms with van der Waals surface area (Å²) in [5.74, 6) is 1.74. The maximum atomic E-state index is 9.15. The van der Waals surface area contributed by atoms with Crippen LogP contribution in [0.1, 0.15) is 36.5 Å². The van der Waals surface area contributed by atoms with E-state index in [0.29, 0.717) is 22.9 Å². The second kappa shape index (κ2) is 5.66. The van der Waals surface area contributed by atoms with Gasteiger partial charge in [-0.25, -0.2) is 0 Å². The molecule has 0 atom stereocenters. The average Bonchev–Trinajstić information content (AvgIpc) is 2.42. The highest BCUT2D eigenvalue weighted by Gasteiger charge is 2.09. The molecule has 2 aromatic rings. The predicted molar refractivity (Wildman–Crippen MR) is 80.9 cm³/mol. The number of nitriles is 1. The molecule has 0 amide bonds. The lowest BCUT2D eigenvalue weighted by Crippen LogP contribution is -1.95. The number of hydrogen-bond acceptors (Lipinski definition) is 3. The number of nitrogens with zero attached hydrogens (tertiary/aromatic N) is 1. The molecule has 0 aliphatic carbocycles. The molecule has 0 saturated carbocycles. The number of nitrogen functional groups attached to an aromatic ring is 1. The van der Waals surface area contributed by atoms with Crippen molar-refractivity contribution in [1.29, 1.82) is 5.26 Å². The smallest absolute Gasteiger partial charge is 0.145 e. The monoisotopic (exact) mass is 266 g/mol. The molecule has 0 heterocycles. The van der Waals surface area contributed by atoms with E-state index >= 15 is 0 Å². The lowest BCUT2D eigenvalue weighted by molar-refractivity contribution is 0.476. The van der Waals surface area contributed by atoms with Crippen molar-refractivity contribution in [1.82, 2.24) is 0 Å². The first-order valence-corrected chi connectivity index (χ1v) is 6.59. The van der Waals surface area contributed by atoms with Gasteiger partial charge >= 0.3 is 0 Å². The van der Waals surface area contributed by atoms with Crippen molar-refractivity contribution in [2.24, 2.45) is 0 Å². The fraction of sp³-hybridized carbons (Fsp3) is 0.235. The van der Waals surface area contributed by atoms with E-state index in [1.807, 2.05) is 19.1 Å². The molecular weight excluding hydrogens is 248 g/mol. The molecule has 0 radical (unpaired) electrons. The molecule has 2 rings (SSSR count). The maximum absolute atomic E-state index is 9.15. The molecule has 2 N–H and O–H groups in total. The van der Waals surface area contributed by atoms with Gasteiger partial charge in [-0.05, 0) is 48.2 Å². The molecular formula is C17H18N2O. The van der Waals surface area contributed by atoms with Crippen molar-refractivity contribution in [3.8, 4) is 17.6 Å². The topological polar surface area (TPSA) is 59.0 Å². The predicted octanol–water partition coefficient (Wildman–Crippen LogP) is 4.36. The fourth-order valence-electron chi connectivity index (χ4n) is 1.93. The van der Waals surface area contributed by atoms with E-state index < -0.39 is 0 Å². The van der Waals surface area contributed by atoms with E-state index in [1.165, 1.54) is 5.56 Å². The number of aryl methyl sites for hydroxylation is 1. The minimum absolute atomic E-state index is 0.430. The third kappa shape index (κ3) is 2.92. The lowest BCUT2D eigenvalue weighted by Gasteiger charge is -2.13. The van der Waals surface area contributed by atoms with Crippen molar-refractivity contribution in [3.05, 3.63) is 53.1 Å². The molecule has 20 heavy (non-hydrogen) atoms. The van der Waals surface area contributed by atoms with E-state index in [9.17, 15) is 0 Å². The number of benzene rings is 2. The highest BCUT2D eigenvalue weighted by molar-refractivity contribution is 5.54. The van der Waals surface area contributed by atoms with Gasteiger partial charge in [-0.1, -0.05) is 26.0 Å².